The topological polar surface area (TPSA) is 40.6 Å². The van der Waals surface area contributed by atoms with Gasteiger partial charge in [0, 0.05) is 25.2 Å². The van der Waals surface area contributed by atoms with Gasteiger partial charge in [0.05, 0.1) is 10.6 Å². The number of hydrogen-bond donors (Lipinski definition) is 0. The summed E-state index contributed by atoms with van der Waals surface area (Å²) >= 11 is 0. The second-order valence-electron chi connectivity index (χ2n) is 6.86. The van der Waals surface area contributed by atoms with E-state index >= 15 is 0 Å². The first-order valence-electron chi connectivity index (χ1n) is 8.63. The van der Waals surface area contributed by atoms with E-state index in [4.69, 9.17) is 0 Å². The highest BCUT2D eigenvalue weighted by Crippen LogP contribution is 2.37. The highest BCUT2D eigenvalue weighted by Gasteiger charge is 2.48. The van der Waals surface area contributed by atoms with Crippen LogP contribution < -0.4 is 4.90 Å². The molecule has 2 aliphatic heterocycles. The molecule has 2 saturated heterocycles. The van der Waals surface area contributed by atoms with E-state index in [9.17, 15) is 21.6 Å². The van der Waals surface area contributed by atoms with Gasteiger partial charge in [-0.25, -0.2) is 8.42 Å². The SMILES string of the molecule is CC1CCCN1C1CCN(c2ccccc2S(=O)(=O)C(F)(F)F)CC1. The predicted octanol–water partition coefficient (Wildman–Crippen LogP) is 3.43. The number of rotatable bonds is 3. The maximum absolute atomic E-state index is 13.0. The van der Waals surface area contributed by atoms with Crippen LogP contribution in [0.2, 0.25) is 0 Å². The number of anilines is 1. The van der Waals surface area contributed by atoms with Crippen molar-refractivity contribution in [2.24, 2.45) is 0 Å². The summed E-state index contributed by atoms with van der Waals surface area (Å²) in [6, 6.07) is 6.42. The number of likely N-dealkylation sites (tertiary alicyclic amines) is 1. The third kappa shape index (κ3) is 3.51. The first kappa shape index (κ1) is 18.5. The largest absolute Gasteiger partial charge is 0.501 e. The summed E-state index contributed by atoms with van der Waals surface area (Å²) in [5.74, 6) is 0. The number of benzene rings is 1. The van der Waals surface area contributed by atoms with Crippen LogP contribution in [0.3, 0.4) is 0 Å². The maximum Gasteiger partial charge on any atom is 0.501 e. The van der Waals surface area contributed by atoms with Crippen molar-refractivity contribution in [3.05, 3.63) is 24.3 Å². The molecule has 0 aliphatic carbocycles. The third-order valence-corrected chi connectivity index (χ3v) is 6.87. The number of sulfone groups is 1. The number of nitrogens with zero attached hydrogens (tertiary/aromatic N) is 2. The molecule has 25 heavy (non-hydrogen) atoms. The summed E-state index contributed by atoms with van der Waals surface area (Å²) in [5, 5.41) is 0. The molecule has 1 aromatic carbocycles. The molecule has 4 nitrogen and oxygen atoms in total. The Bertz CT molecular complexity index is 713. The van der Waals surface area contributed by atoms with Gasteiger partial charge in [0.25, 0.3) is 9.84 Å². The Morgan fingerprint density at radius 2 is 1.68 bits per heavy atom. The molecule has 8 heteroatoms. The molecular weight excluding hydrogens is 353 g/mol. The lowest BCUT2D eigenvalue weighted by molar-refractivity contribution is -0.0435. The predicted molar refractivity (Wildman–Crippen MR) is 90.3 cm³/mol. The van der Waals surface area contributed by atoms with Crippen molar-refractivity contribution >= 4 is 15.5 Å². The Balaban J connectivity index is 1.79. The number of hydrogen-bond acceptors (Lipinski definition) is 4. The minimum absolute atomic E-state index is 0.160. The third-order valence-electron chi connectivity index (χ3n) is 5.34. The minimum atomic E-state index is -5.35. The fourth-order valence-corrected chi connectivity index (χ4v) is 4.99. The van der Waals surface area contributed by atoms with Crippen molar-refractivity contribution in [3.63, 3.8) is 0 Å². The van der Waals surface area contributed by atoms with E-state index in [1.165, 1.54) is 25.0 Å². The van der Waals surface area contributed by atoms with Gasteiger partial charge in [0.15, 0.2) is 0 Å². The second-order valence-corrected chi connectivity index (χ2v) is 8.77. The van der Waals surface area contributed by atoms with Gasteiger partial charge >= 0.3 is 5.51 Å². The van der Waals surface area contributed by atoms with Gasteiger partial charge in [-0.2, -0.15) is 13.2 Å². The fourth-order valence-electron chi connectivity index (χ4n) is 4.01. The average Bonchev–Trinajstić information content (AvgIpc) is 3.00. The van der Waals surface area contributed by atoms with Gasteiger partial charge < -0.3 is 4.90 Å². The normalized spacial score (nSPS) is 24.0. The van der Waals surface area contributed by atoms with Crippen molar-refractivity contribution in [2.75, 3.05) is 24.5 Å². The van der Waals surface area contributed by atoms with Gasteiger partial charge in [0.1, 0.15) is 0 Å². The quantitative estimate of drug-likeness (QED) is 0.810. The summed E-state index contributed by atoms with van der Waals surface area (Å²) in [7, 11) is -5.35. The molecule has 0 N–H and O–H groups in total. The molecule has 0 amide bonds. The van der Waals surface area contributed by atoms with Crippen LogP contribution in [-0.4, -0.2) is 50.5 Å². The van der Waals surface area contributed by atoms with Crippen LogP contribution in [-0.2, 0) is 9.84 Å². The zero-order valence-corrected chi connectivity index (χ0v) is 15.0. The number of para-hydroxylation sites is 1. The molecular formula is C17H23F3N2O2S. The Hall–Kier alpha value is -1.28. The van der Waals surface area contributed by atoms with E-state index in [1.54, 1.807) is 11.0 Å². The monoisotopic (exact) mass is 376 g/mol. The smallest absolute Gasteiger partial charge is 0.370 e. The zero-order valence-electron chi connectivity index (χ0n) is 14.2. The maximum atomic E-state index is 13.0. The van der Waals surface area contributed by atoms with Gasteiger partial charge in [-0.3, -0.25) is 4.90 Å². The summed E-state index contributed by atoms with van der Waals surface area (Å²) in [4.78, 5) is 3.61. The molecule has 0 bridgehead atoms. The standard InChI is InChI=1S/C17H23F3N2O2S/c1-13-5-4-10-22(13)14-8-11-21(12-9-14)15-6-2-3-7-16(15)25(23,24)17(18,19)20/h2-3,6-7,13-14H,4-5,8-12H2,1H3. The van der Waals surface area contributed by atoms with Crippen molar-refractivity contribution in [1.82, 2.24) is 4.90 Å². The number of alkyl halides is 3. The molecule has 1 atom stereocenters. The van der Waals surface area contributed by atoms with Gasteiger partial charge in [-0.1, -0.05) is 12.1 Å². The van der Waals surface area contributed by atoms with Crippen LogP contribution in [0.15, 0.2) is 29.2 Å². The fraction of sp³-hybridized carbons (Fsp3) is 0.647. The van der Waals surface area contributed by atoms with Crippen molar-refractivity contribution in [3.8, 4) is 0 Å². The van der Waals surface area contributed by atoms with Crippen LogP contribution in [0.25, 0.3) is 0 Å². The molecule has 0 saturated carbocycles. The van der Waals surface area contributed by atoms with E-state index < -0.39 is 20.2 Å². The van der Waals surface area contributed by atoms with E-state index in [2.05, 4.69) is 11.8 Å². The molecule has 2 aliphatic rings. The van der Waals surface area contributed by atoms with E-state index in [0.717, 1.165) is 25.5 Å². The van der Waals surface area contributed by atoms with E-state index in [0.29, 0.717) is 25.2 Å². The molecule has 140 valence electrons. The molecule has 0 aromatic heterocycles. The summed E-state index contributed by atoms with van der Waals surface area (Å²) < 4.78 is 62.6. The lowest BCUT2D eigenvalue weighted by atomic mass is 10.0. The molecule has 1 unspecified atom stereocenters. The van der Waals surface area contributed by atoms with Crippen LogP contribution in [0.5, 0.6) is 0 Å². The zero-order chi connectivity index (χ0) is 18.2. The van der Waals surface area contributed by atoms with E-state index in [-0.39, 0.29) is 5.69 Å². The summed E-state index contributed by atoms with van der Waals surface area (Å²) in [6.45, 7) is 4.42. The van der Waals surface area contributed by atoms with Gasteiger partial charge in [0.2, 0.25) is 0 Å². The number of halogens is 3. The number of piperidine rings is 1. The lowest BCUT2D eigenvalue weighted by Gasteiger charge is -2.40. The van der Waals surface area contributed by atoms with Crippen molar-refractivity contribution in [1.29, 1.82) is 0 Å². The Labute approximate surface area is 146 Å². The summed E-state index contributed by atoms with van der Waals surface area (Å²) in [6.07, 6.45) is 4.05. The van der Waals surface area contributed by atoms with Crippen molar-refractivity contribution in [2.45, 2.75) is 55.1 Å². The first-order chi connectivity index (χ1) is 11.7. The lowest BCUT2D eigenvalue weighted by Crippen LogP contribution is -2.46. The highest BCUT2D eigenvalue weighted by atomic mass is 32.2. The van der Waals surface area contributed by atoms with Crippen LogP contribution in [0, 0.1) is 0 Å². The Morgan fingerprint density at radius 1 is 1.04 bits per heavy atom. The van der Waals surface area contributed by atoms with Crippen LogP contribution >= 0.6 is 0 Å². The van der Waals surface area contributed by atoms with Crippen LogP contribution in [0.4, 0.5) is 18.9 Å². The van der Waals surface area contributed by atoms with Gasteiger partial charge in [-0.05, 0) is 51.3 Å². The average molecular weight is 376 g/mol. The van der Waals surface area contributed by atoms with Crippen LogP contribution in [0.1, 0.15) is 32.6 Å². The molecule has 1 aromatic rings. The molecule has 0 spiro atoms. The molecule has 0 radical (unpaired) electrons. The Morgan fingerprint density at radius 3 is 2.24 bits per heavy atom. The van der Waals surface area contributed by atoms with Crippen molar-refractivity contribution < 1.29 is 21.6 Å². The molecule has 2 heterocycles. The minimum Gasteiger partial charge on any atom is -0.370 e. The molecule has 3 rings (SSSR count). The molecule has 2 fully saturated rings. The highest BCUT2D eigenvalue weighted by molar-refractivity contribution is 7.92. The summed E-state index contributed by atoms with van der Waals surface area (Å²) in [5.41, 5.74) is -5.13. The first-order valence-corrected chi connectivity index (χ1v) is 10.1. The Kier molecular flexibility index (Phi) is 5.03. The second kappa shape index (κ2) is 6.79. The van der Waals surface area contributed by atoms with Gasteiger partial charge in [-0.15, -0.1) is 0 Å². The van der Waals surface area contributed by atoms with E-state index in [1.807, 2.05) is 0 Å².